The summed E-state index contributed by atoms with van der Waals surface area (Å²) in [5.41, 5.74) is 0.302. The van der Waals surface area contributed by atoms with Crippen LogP contribution in [0, 0.1) is 0 Å². The maximum Gasteiger partial charge on any atom is 0.328 e. The second kappa shape index (κ2) is 6.75. The van der Waals surface area contributed by atoms with Gasteiger partial charge in [0.2, 0.25) is 0 Å². The predicted octanol–water partition coefficient (Wildman–Crippen LogP) is 0.649. The molecule has 1 unspecified atom stereocenters. The fourth-order valence-electron chi connectivity index (χ4n) is 1.38. The van der Waals surface area contributed by atoms with Crippen molar-refractivity contribution in [3.63, 3.8) is 0 Å². The van der Waals surface area contributed by atoms with Crippen molar-refractivity contribution in [3.8, 4) is 5.75 Å². The Balaban J connectivity index is 2.70. The van der Waals surface area contributed by atoms with E-state index in [1.807, 2.05) is 13.8 Å². The number of rotatable bonds is 6. The van der Waals surface area contributed by atoms with Crippen LogP contribution in [-0.4, -0.2) is 40.8 Å². The summed E-state index contributed by atoms with van der Waals surface area (Å²) < 4.78 is 5.42. The number of carboxylic acid groups (broad SMARTS) is 1. The van der Waals surface area contributed by atoms with Crippen molar-refractivity contribution in [1.29, 1.82) is 0 Å². The highest BCUT2D eigenvalue weighted by molar-refractivity contribution is 5.96. The molecule has 0 aliphatic rings. The Morgan fingerprint density at radius 3 is 2.26 bits per heavy atom. The van der Waals surface area contributed by atoms with E-state index in [0.29, 0.717) is 11.3 Å². The molecule has 0 aliphatic heterocycles. The van der Waals surface area contributed by atoms with Crippen LogP contribution in [0.25, 0.3) is 0 Å². The molecule has 1 amide bonds. The number of carbonyl (C=O) groups excluding carboxylic acids is 1. The molecule has 1 rings (SSSR count). The molecule has 1 aromatic rings. The van der Waals surface area contributed by atoms with Crippen LogP contribution in [0.1, 0.15) is 24.2 Å². The lowest BCUT2D eigenvalue weighted by Crippen LogP contribution is -2.43. The Morgan fingerprint density at radius 2 is 1.84 bits per heavy atom. The maximum absolute atomic E-state index is 11.7. The second-order valence-electron chi connectivity index (χ2n) is 4.24. The average molecular weight is 267 g/mol. The summed E-state index contributed by atoms with van der Waals surface area (Å²) >= 11 is 0. The standard InChI is InChI=1S/C13H17NO5/c1-8(2)19-10-5-3-9(4-6-10)12(16)14-11(7-15)13(17)18/h3-6,8,11,15H,7H2,1-2H3,(H,14,16)(H,17,18). The zero-order valence-corrected chi connectivity index (χ0v) is 10.8. The fraction of sp³-hybridized carbons (Fsp3) is 0.385. The second-order valence-corrected chi connectivity index (χ2v) is 4.24. The third-order valence-corrected chi connectivity index (χ3v) is 2.27. The molecule has 0 fully saturated rings. The van der Waals surface area contributed by atoms with Crippen LogP contribution in [-0.2, 0) is 4.79 Å². The van der Waals surface area contributed by atoms with Crippen molar-refractivity contribution in [2.24, 2.45) is 0 Å². The van der Waals surface area contributed by atoms with E-state index in [1.54, 1.807) is 12.1 Å². The van der Waals surface area contributed by atoms with Crippen LogP contribution < -0.4 is 10.1 Å². The first-order valence-electron chi connectivity index (χ1n) is 5.85. The van der Waals surface area contributed by atoms with E-state index in [0.717, 1.165) is 0 Å². The van der Waals surface area contributed by atoms with Crippen molar-refractivity contribution < 1.29 is 24.5 Å². The molecule has 0 aromatic heterocycles. The summed E-state index contributed by atoms with van der Waals surface area (Å²) in [5.74, 6) is -1.21. The molecule has 0 spiro atoms. The predicted molar refractivity (Wildman–Crippen MR) is 68.2 cm³/mol. The normalized spacial score (nSPS) is 12.0. The van der Waals surface area contributed by atoms with E-state index in [-0.39, 0.29) is 6.10 Å². The molecule has 0 bridgehead atoms. The van der Waals surface area contributed by atoms with Gasteiger partial charge in [-0.15, -0.1) is 0 Å². The van der Waals surface area contributed by atoms with E-state index in [1.165, 1.54) is 12.1 Å². The van der Waals surface area contributed by atoms with Crippen molar-refractivity contribution >= 4 is 11.9 Å². The zero-order chi connectivity index (χ0) is 14.4. The maximum atomic E-state index is 11.7. The first-order valence-corrected chi connectivity index (χ1v) is 5.85. The van der Waals surface area contributed by atoms with E-state index >= 15 is 0 Å². The van der Waals surface area contributed by atoms with Gasteiger partial charge in [0, 0.05) is 5.56 Å². The molecule has 19 heavy (non-hydrogen) atoms. The minimum absolute atomic E-state index is 0.0328. The van der Waals surface area contributed by atoms with E-state index in [9.17, 15) is 9.59 Å². The van der Waals surface area contributed by atoms with E-state index in [4.69, 9.17) is 14.9 Å². The van der Waals surface area contributed by atoms with Gasteiger partial charge >= 0.3 is 5.97 Å². The lowest BCUT2D eigenvalue weighted by atomic mass is 10.2. The summed E-state index contributed by atoms with van der Waals surface area (Å²) in [6, 6.07) is 5.01. The SMILES string of the molecule is CC(C)Oc1ccc(C(=O)NC(CO)C(=O)O)cc1. The summed E-state index contributed by atoms with van der Waals surface area (Å²) in [6.45, 7) is 3.12. The zero-order valence-electron chi connectivity index (χ0n) is 10.8. The van der Waals surface area contributed by atoms with Crippen molar-refractivity contribution in [1.82, 2.24) is 5.32 Å². The molecule has 1 aromatic carbocycles. The van der Waals surface area contributed by atoms with Crippen LogP contribution in [0.2, 0.25) is 0 Å². The highest BCUT2D eigenvalue weighted by Gasteiger charge is 2.19. The van der Waals surface area contributed by atoms with Gasteiger partial charge in [0.05, 0.1) is 12.7 Å². The number of benzene rings is 1. The molecule has 6 nitrogen and oxygen atoms in total. The molecule has 1 atom stereocenters. The quantitative estimate of drug-likeness (QED) is 0.703. The molecule has 0 saturated heterocycles. The van der Waals surface area contributed by atoms with Gasteiger partial charge in [-0.2, -0.15) is 0 Å². The Labute approximate surface area is 111 Å². The number of carboxylic acids is 1. The monoisotopic (exact) mass is 267 g/mol. The average Bonchev–Trinajstić information content (AvgIpc) is 2.35. The largest absolute Gasteiger partial charge is 0.491 e. The third kappa shape index (κ3) is 4.59. The van der Waals surface area contributed by atoms with Crippen LogP contribution in [0.4, 0.5) is 0 Å². The van der Waals surface area contributed by atoms with Crippen LogP contribution in [0.3, 0.4) is 0 Å². The van der Waals surface area contributed by atoms with Gasteiger partial charge < -0.3 is 20.3 Å². The summed E-state index contributed by atoms with van der Waals surface area (Å²) in [7, 11) is 0. The Hall–Kier alpha value is -2.08. The lowest BCUT2D eigenvalue weighted by Gasteiger charge is -2.12. The molecule has 3 N–H and O–H groups in total. The number of hydrogen-bond acceptors (Lipinski definition) is 4. The molecule has 0 heterocycles. The van der Waals surface area contributed by atoms with Crippen molar-refractivity contribution in [2.75, 3.05) is 6.61 Å². The Morgan fingerprint density at radius 1 is 1.26 bits per heavy atom. The minimum atomic E-state index is -1.31. The topological polar surface area (TPSA) is 95.9 Å². The summed E-state index contributed by atoms with van der Waals surface area (Å²) in [6.07, 6.45) is 0.0328. The van der Waals surface area contributed by atoms with Crippen molar-refractivity contribution in [3.05, 3.63) is 29.8 Å². The summed E-state index contributed by atoms with van der Waals surface area (Å²) in [5, 5.41) is 19.8. The Kier molecular flexibility index (Phi) is 5.32. The first kappa shape index (κ1) is 15.0. The number of amides is 1. The summed E-state index contributed by atoms with van der Waals surface area (Å²) in [4.78, 5) is 22.4. The number of aliphatic hydroxyl groups is 1. The number of nitrogens with one attached hydrogen (secondary N) is 1. The molecular weight excluding hydrogens is 250 g/mol. The van der Waals surface area contributed by atoms with E-state index < -0.39 is 24.5 Å². The van der Waals surface area contributed by atoms with Gasteiger partial charge in [-0.3, -0.25) is 4.79 Å². The highest BCUT2D eigenvalue weighted by atomic mass is 16.5. The fourth-order valence-corrected chi connectivity index (χ4v) is 1.38. The molecule has 0 saturated carbocycles. The Bertz CT molecular complexity index is 441. The lowest BCUT2D eigenvalue weighted by molar-refractivity contribution is -0.140. The number of aliphatic carboxylic acids is 1. The van der Waals surface area contributed by atoms with Crippen molar-refractivity contribution in [2.45, 2.75) is 26.0 Å². The van der Waals surface area contributed by atoms with Gasteiger partial charge in [-0.1, -0.05) is 0 Å². The molecule has 0 aliphatic carbocycles. The smallest absolute Gasteiger partial charge is 0.328 e. The number of carbonyl (C=O) groups is 2. The van der Waals surface area contributed by atoms with Gasteiger partial charge in [-0.25, -0.2) is 4.79 Å². The minimum Gasteiger partial charge on any atom is -0.491 e. The molecule has 6 heteroatoms. The number of hydrogen-bond donors (Lipinski definition) is 3. The highest BCUT2D eigenvalue weighted by Crippen LogP contribution is 2.13. The number of ether oxygens (including phenoxy) is 1. The van der Waals surface area contributed by atoms with Crippen LogP contribution in [0.15, 0.2) is 24.3 Å². The molecule has 0 radical (unpaired) electrons. The number of aliphatic hydroxyl groups excluding tert-OH is 1. The van der Waals surface area contributed by atoms with Crippen LogP contribution in [0.5, 0.6) is 5.75 Å². The van der Waals surface area contributed by atoms with Gasteiger partial charge in [0.15, 0.2) is 6.04 Å². The van der Waals surface area contributed by atoms with Gasteiger partial charge in [-0.05, 0) is 38.1 Å². The third-order valence-electron chi connectivity index (χ3n) is 2.27. The van der Waals surface area contributed by atoms with E-state index in [2.05, 4.69) is 5.32 Å². The molecule has 104 valence electrons. The van der Waals surface area contributed by atoms with Gasteiger partial charge in [0.25, 0.3) is 5.91 Å². The first-order chi connectivity index (χ1) is 8.93. The van der Waals surface area contributed by atoms with Gasteiger partial charge in [0.1, 0.15) is 5.75 Å². The molecular formula is C13H17NO5. The van der Waals surface area contributed by atoms with Crippen LogP contribution >= 0.6 is 0 Å².